The molecular weight excluding hydrogens is 367 g/mol. The first-order chi connectivity index (χ1) is 13.0. The topological polar surface area (TPSA) is 70.2 Å². The van der Waals surface area contributed by atoms with Gasteiger partial charge in [-0.25, -0.2) is 12.8 Å². The zero-order valence-corrected chi connectivity index (χ0v) is 15.4. The number of aromatic amines is 1. The van der Waals surface area contributed by atoms with Gasteiger partial charge in [0.25, 0.3) is 5.91 Å². The van der Waals surface area contributed by atoms with Crippen molar-refractivity contribution in [2.24, 2.45) is 0 Å². The summed E-state index contributed by atoms with van der Waals surface area (Å²) in [6.07, 6.45) is 1.98. The minimum atomic E-state index is -3.55. The smallest absolute Gasteiger partial charge is 0.253 e. The molecule has 3 aromatic rings. The number of carbonyl (C=O) groups excluding carboxylic acids is 1. The molecule has 140 valence electrons. The van der Waals surface area contributed by atoms with Crippen molar-refractivity contribution in [3.05, 3.63) is 71.7 Å². The number of halogens is 1. The van der Waals surface area contributed by atoms with Crippen molar-refractivity contribution in [3.63, 3.8) is 0 Å². The van der Waals surface area contributed by atoms with Gasteiger partial charge < -0.3 is 9.88 Å². The van der Waals surface area contributed by atoms with Crippen LogP contribution in [0, 0.1) is 5.82 Å². The standard InChI is InChI=1S/C20H19FN2O3S/c21-17-4-2-1-3-16(17)19-8-10-23(11-12-27(19,25)26)20(24)15-5-6-18-14(13-15)7-9-22-18/h1-7,9,13,19,22H,8,10-12H2. The van der Waals surface area contributed by atoms with Crippen LogP contribution >= 0.6 is 0 Å². The summed E-state index contributed by atoms with van der Waals surface area (Å²) in [5.74, 6) is -0.907. The number of rotatable bonds is 2. The zero-order valence-electron chi connectivity index (χ0n) is 14.6. The molecule has 4 rings (SSSR count). The van der Waals surface area contributed by atoms with Crippen molar-refractivity contribution >= 4 is 26.6 Å². The summed E-state index contributed by atoms with van der Waals surface area (Å²) in [6, 6.07) is 13.2. The third-order valence-electron chi connectivity index (χ3n) is 5.08. The van der Waals surface area contributed by atoms with Gasteiger partial charge in [-0.2, -0.15) is 0 Å². The molecule has 27 heavy (non-hydrogen) atoms. The maximum Gasteiger partial charge on any atom is 0.253 e. The monoisotopic (exact) mass is 386 g/mol. The molecule has 5 nitrogen and oxygen atoms in total. The minimum Gasteiger partial charge on any atom is -0.361 e. The fourth-order valence-corrected chi connectivity index (χ4v) is 5.40. The molecule has 2 heterocycles. The number of hydrogen-bond acceptors (Lipinski definition) is 3. The lowest BCUT2D eigenvalue weighted by atomic mass is 10.1. The van der Waals surface area contributed by atoms with E-state index in [0.717, 1.165) is 10.9 Å². The Morgan fingerprint density at radius 1 is 1.11 bits per heavy atom. The predicted molar refractivity (Wildman–Crippen MR) is 102 cm³/mol. The second kappa shape index (κ2) is 6.81. The Balaban J connectivity index is 1.60. The van der Waals surface area contributed by atoms with E-state index >= 15 is 0 Å². The van der Waals surface area contributed by atoms with Gasteiger partial charge in [-0.05, 0) is 36.8 Å². The van der Waals surface area contributed by atoms with Crippen LogP contribution in [0.1, 0.15) is 27.6 Å². The highest BCUT2D eigenvalue weighted by atomic mass is 32.2. The number of amides is 1. The van der Waals surface area contributed by atoms with Crippen molar-refractivity contribution in [3.8, 4) is 0 Å². The molecule has 1 aliphatic rings. The Bertz CT molecular complexity index is 1110. The quantitative estimate of drug-likeness (QED) is 0.735. The largest absolute Gasteiger partial charge is 0.361 e. The molecule has 0 saturated carbocycles. The summed E-state index contributed by atoms with van der Waals surface area (Å²) in [4.78, 5) is 17.5. The second-order valence-corrected chi connectivity index (χ2v) is 9.04. The van der Waals surface area contributed by atoms with Gasteiger partial charge in [-0.1, -0.05) is 18.2 Å². The van der Waals surface area contributed by atoms with Crippen LogP contribution in [0.2, 0.25) is 0 Å². The molecule has 2 aromatic carbocycles. The van der Waals surface area contributed by atoms with Crippen LogP contribution < -0.4 is 0 Å². The Morgan fingerprint density at radius 3 is 2.74 bits per heavy atom. The van der Waals surface area contributed by atoms with Crippen LogP contribution in [0.4, 0.5) is 4.39 Å². The zero-order chi connectivity index (χ0) is 19.0. The third-order valence-corrected chi connectivity index (χ3v) is 7.19. The van der Waals surface area contributed by atoms with Gasteiger partial charge in [0.15, 0.2) is 9.84 Å². The number of carbonyl (C=O) groups is 1. The van der Waals surface area contributed by atoms with Crippen molar-refractivity contribution < 1.29 is 17.6 Å². The normalized spacial score (nSPS) is 19.7. The average molecular weight is 386 g/mol. The van der Waals surface area contributed by atoms with E-state index in [-0.39, 0.29) is 36.7 Å². The number of H-pyrrole nitrogens is 1. The number of benzene rings is 2. The van der Waals surface area contributed by atoms with Crippen LogP contribution in [0.3, 0.4) is 0 Å². The molecule has 0 spiro atoms. The summed E-state index contributed by atoms with van der Waals surface area (Å²) < 4.78 is 39.5. The number of nitrogens with zero attached hydrogens (tertiary/aromatic N) is 1. The highest BCUT2D eigenvalue weighted by Crippen LogP contribution is 2.31. The van der Waals surface area contributed by atoms with Gasteiger partial charge >= 0.3 is 0 Å². The molecule has 1 saturated heterocycles. The van der Waals surface area contributed by atoms with Crippen molar-refractivity contribution in [2.75, 3.05) is 18.8 Å². The summed E-state index contributed by atoms with van der Waals surface area (Å²) in [5.41, 5.74) is 1.63. The van der Waals surface area contributed by atoms with E-state index in [2.05, 4.69) is 4.98 Å². The molecule has 1 amide bonds. The lowest BCUT2D eigenvalue weighted by Gasteiger charge is -2.20. The molecular formula is C20H19FN2O3S. The lowest BCUT2D eigenvalue weighted by molar-refractivity contribution is 0.0766. The van der Waals surface area contributed by atoms with Gasteiger partial charge in [-0.3, -0.25) is 4.79 Å². The first-order valence-electron chi connectivity index (χ1n) is 8.78. The predicted octanol–water partition coefficient (Wildman–Crippen LogP) is 3.31. The summed E-state index contributed by atoms with van der Waals surface area (Å²) in [7, 11) is -3.55. The van der Waals surface area contributed by atoms with Gasteiger partial charge in [-0.15, -0.1) is 0 Å². The highest BCUT2D eigenvalue weighted by molar-refractivity contribution is 7.91. The second-order valence-electron chi connectivity index (χ2n) is 6.74. The molecule has 1 N–H and O–H groups in total. The molecule has 1 aliphatic heterocycles. The Hall–Kier alpha value is -2.67. The number of fused-ring (bicyclic) bond motifs is 1. The van der Waals surface area contributed by atoms with Crippen LogP contribution in [-0.4, -0.2) is 43.1 Å². The van der Waals surface area contributed by atoms with E-state index < -0.39 is 20.9 Å². The third kappa shape index (κ3) is 3.35. The minimum absolute atomic E-state index is 0.108. The summed E-state index contributed by atoms with van der Waals surface area (Å²) in [5, 5.41) is -0.00354. The molecule has 0 bridgehead atoms. The van der Waals surface area contributed by atoms with Crippen molar-refractivity contribution in [2.45, 2.75) is 11.7 Å². The van der Waals surface area contributed by atoms with Crippen molar-refractivity contribution in [1.29, 1.82) is 0 Å². The van der Waals surface area contributed by atoms with Gasteiger partial charge in [0.2, 0.25) is 0 Å². The first-order valence-corrected chi connectivity index (χ1v) is 10.5. The lowest BCUT2D eigenvalue weighted by Crippen LogP contribution is -2.33. The van der Waals surface area contributed by atoms with Gasteiger partial charge in [0, 0.05) is 41.3 Å². The van der Waals surface area contributed by atoms with Crippen LogP contribution in [0.15, 0.2) is 54.7 Å². The van der Waals surface area contributed by atoms with E-state index in [1.165, 1.54) is 18.2 Å². The highest BCUT2D eigenvalue weighted by Gasteiger charge is 2.34. The number of aromatic nitrogens is 1. The summed E-state index contributed by atoms with van der Waals surface area (Å²) in [6.45, 7) is 0.375. The molecule has 0 aliphatic carbocycles. The number of nitrogens with one attached hydrogen (secondary N) is 1. The number of sulfone groups is 1. The Kier molecular flexibility index (Phi) is 4.47. The number of hydrogen-bond donors (Lipinski definition) is 1. The molecule has 0 radical (unpaired) electrons. The SMILES string of the molecule is O=C(c1ccc2[nH]ccc2c1)N1CCC(c2ccccc2F)S(=O)(=O)CC1. The Morgan fingerprint density at radius 2 is 1.93 bits per heavy atom. The van der Waals surface area contributed by atoms with E-state index in [1.807, 2.05) is 12.1 Å². The summed E-state index contributed by atoms with van der Waals surface area (Å²) >= 11 is 0. The van der Waals surface area contributed by atoms with Crippen LogP contribution in [0.5, 0.6) is 0 Å². The molecule has 1 fully saturated rings. The average Bonchev–Trinajstić information content (AvgIpc) is 3.06. The molecule has 1 aromatic heterocycles. The first kappa shape index (κ1) is 17.7. The van der Waals surface area contributed by atoms with Crippen LogP contribution in [0.25, 0.3) is 10.9 Å². The van der Waals surface area contributed by atoms with Gasteiger partial charge in [0.05, 0.1) is 11.0 Å². The fraction of sp³-hybridized carbons (Fsp3) is 0.250. The van der Waals surface area contributed by atoms with E-state index in [0.29, 0.717) is 5.56 Å². The molecule has 7 heteroatoms. The maximum atomic E-state index is 14.1. The van der Waals surface area contributed by atoms with E-state index in [1.54, 1.807) is 29.3 Å². The Labute approximate surface area is 156 Å². The van der Waals surface area contributed by atoms with Crippen molar-refractivity contribution in [1.82, 2.24) is 9.88 Å². The van der Waals surface area contributed by atoms with Crippen LogP contribution in [-0.2, 0) is 9.84 Å². The fourth-order valence-electron chi connectivity index (χ4n) is 3.60. The van der Waals surface area contributed by atoms with Gasteiger partial charge in [0.1, 0.15) is 5.82 Å². The van der Waals surface area contributed by atoms with E-state index in [9.17, 15) is 17.6 Å². The molecule has 1 atom stereocenters. The maximum absolute atomic E-state index is 14.1. The van der Waals surface area contributed by atoms with E-state index in [4.69, 9.17) is 0 Å². The molecule has 1 unspecified atom stereocenters.